The summed E-state index contributed by atoms with van der Waals surface area (Å²) in [4.78, 5) is 7.01. The minimum atomic E-state index is -3.60. The molecule has 3 rings (SSSR count). The number of aryl methyl sites for hydroxylation is 2. The molecule has 2 aromatic rings. The van der Waals surface area contributed by atoms with Crippen LogP contribution in [0.5, 0.6) is 0 Å². The second-order valence-corrected chi connectivity index (χ2v) is 8.82. The summed E-state index contributed by atoms with van der Waals surface area (Å²) in [6.07, 6.45) is 8.01. The Kier molecular flexibility index (Phi) is 6.37. The van der Waals surface area contributed by atoms with Gasteiger partial charge in [0, 0.05) is 13.1 Å². The molecule has 1 aromatic heterocycles. The maximum absolute atomic E-state index is 12.8. The summed E-state index contributed by atoms with van der Waals surface area (Å²) in [5.41, 5.74) is 2.93. The molecule has 6 heteroatoms. The number of fused-ring (bicyclic) bond motifs is 1. The van der Waals surface area contributed by atoms with Gasteiger partial charge in [-0.05, 0) is 73.9 Å². The number of anilines is 2. The zero-order valence-corrected chi connectivity index (χ0v) is 17.1. The van der Waals surface area contributed by atoms with Gasteiger partial charge in [-0.15, -0.1) is 0 Å². The summed E-state index contributed by atoms with van der Waals surface area (Å²) >= 11 is 0. The lowest BCUT2D eigenvalue weighted by Crippen LogP contribution is -2.25. The molecule has 0 unspecified atom stereocenters. The Morgan fingerprint density at radius 3 is 2.33 bits per heavy atom. The van der Waals surface area contributed by atoms with Crippen molar-refractivity contribution in [2.75, 3.05) is 22.7 Å². The molecule has 0 saturated heterocycles. The normalized spacial score (nSPS) is 13.9. The lowest BCUT2D eigenvalue weighted by atomic mass is 9.92. The van der Waals surface area contributed by atoms with Gasteiger partial charge in [-0.25, -0.2) is 13.4 Å². The Hall–Kier alpha value is -2.08. The number of nitrogens with one attached hydrogen (secondary N) is 1. The molecule has 1 aliphatic carbocycles. The van der Waals surface area contributed by atoms with Crippen LogP contribution in [0.3, 0.4) is 0 Å². The molecule has 1 aromatic carbocycles. The van der Waals surface area contributed by atoms with Crippen molar-refractivity contribution in [3.63, 3.8) is 0 Å². The molecular weight excluding hydrogens is 358 g/mol. The monoisotopic (exact) mass is 387 g/mol. The molecule has 0 bridgehead atoms. The first-order chi connectivity index (χ1) is 13.0. The van der Waals surface area contributed by atoms with Crippen LogP contribution in [0.25, 0.3) is 0 Å². The molecule has 0 aliphatic heterocycles. The maximum Gasteiger partial charge on any atom is 0.261 e. The van der Waals surface area contributed by atoms with E-state index in [1.165, 1.54) is 12.0 Å². The van der Waals surface area contributed by atoms with Crippen LogP contribution >= 0.6 is 0 Å². The minimum Gasteiger partial charge on any atom is -0.357 e. The van der Waals surface area contributed by atoms with Crippen molar-refractivity contribution >= 4 is 21.5 Å². The third kappa shape index (κ3) is 4.80. The van der Waals surface area contributed by atoms with E-state index >= 15 is 0 Å². The Bertz CT molecular complexity index is 857. The number of pyridine rings is 1. The van der Waals surface area contributed by atoms with Gasteiger partial charge >= 0.3 is 0 Å². The summed E-state index contributed by atoms with van der Waals surface area (Å²) in [7, 11) is -3.60. The first-order valence-electron chi connectivity index (χ1n) is 9.89. The highest BCUT2D eigenvalue weighted by Gasteiger charge is 2.18. The zero-order valence-electron chi connectivity index (χ0n) is 16.2. The Labute approximate surface area is 162 Å². The van der Waals surface area contributed by atoms with Gasteiger partial charge in [0.15, 0.2) is 0 Å². The third-order valence-corrected chi connectivity index (χ3v) is 6.32. The highest BCUT2D eigenvalue weighted by atomic mass is 32.2. The van der Waals surface area contributed by atoms with Crippen LogP contribution < -0.4 is 9.62 Å². The average Bonchev–Trinajstić information content (AvgIpc) is 2.68. The fraction of sp³-hybridized carbons (Fsp3) is 0.476. The summed E-state index contributed by atoms with van der Waals surface area (Å²) in [5, 5.41) is 0. The Balaban J connectivity index is 1.76. The number of rotatable bonds is 8. The first kappa shape index (κ1) is 19.7. The van der Waals surface area contributed by atoms with Crippen LogP contribution in [-0.4, -0.2) is 26.5 Å². The number of aromatic nitrogens is 1. The molecule has 0 atom stereocenters. The number of benzene rings is 1. The van der Waals surface area contributed by atoms with Crippen molar-refractivity contribution < 1.29 is 8.42 Å². The fourth-order valence-corrected chi connectivity index (χ4v) is 4.70. The van der Waals surface area contributed by atoms with Crippen LogP contribution in [0.4, 0.5) is 11.5 Å². The van der Waals surface area contributed by atoms with E-state index in [0.717, 1.165) is 56.6 Å². The molecule has 27 heavy (non-hydrogen) atoms. The van der Waals surface area contributed by atoms with Crippen LogP contribution in [0.15, 0.2) is 41.4 Å². The molecule has 1 aliphatic rings. The number of sulfonamides is 1. The van der Waals surface area contributed by atoms with E-state index in [1.807, 2.05) is 18.2 Å². The van der Waals surface area contributed by atoms with Crippen molar-refractivity contribution in [3.05, 3.63) is 47.7 Å². The molecule has 146 valence electrons. The van der Waals surface area contributed by atoms with Gasteiger partial charge in [-0.2, -0.15) is 0 Å². The second-order valence-electron chi connectivity index (χ2n) is 7.14. The minimum absolute atomic E-state index is 0.325. The fourth-order valence-electron chi connectivity index (χ4n) is 3.61. The maximum atomic E-state index is 12.8. The van der Waals surface area contributed by atoms with Gasteiger partial charge in [-0.3, -0.25) is 4.72 Å². The van der Waals surface area contributed by atoms with E-state index < -0.39 is 10.0 Å². The quantitative estimate of drug-likeness (QED) is 0.730. The lowest BCUT2D eigenvalue weighted by Gasteiger charge is -2.22. The summed E-state index contributed by atoms with van der Waals surface area (Å²) in [5.74, 6) is 0.885. The van der Waals surface area contributed by atoms with Gasteiger partial charge in [0.1, 0.15) is 5.82 Å². The Morgan fingerprint density at radius 2 is 1.70 bits per heavy atom. The standard InChI is InChI=1S/C21H29N3O2S/c1-3-13-24(14-4-2)21-12-10-19(16-22-21)23-27(25,26)20-11-9-17-7-5-6-8-18(17)15-20/h9-12,15-16,23H,3-8,13-14H2,1-2H3. The van der Waals surface area contributed by atoms with E-state index in [0.29, 0.717) is 10.6 Å². The van der Waals surface area contributed by atoms with E-state index in [-0.39, 0.29) is 0 Å². The molecule has 1 heterocycles. The summed E-state index contributed by atoms with van der Waals surface area (Å²) < 4.78 is 28.2. The third-order valence-electron chi connectivity index (χ3n) is 4.94. The predicted molar refractivity (Wildman–Crippen MR) is 111 cm³/mol. The van der Waals surface area contributed by atoms with Crippen molar-refractivity contribution in [1.82, 2.24) is 4.98 Å². The van der Waals surface area contributed by atoms with Crippen molar-refractivity contribution in [3.8, 4) is 0 Å². The molecule has 0 fully saturated rings. The average molecular weight is 388 g/mol. The highest BCUT2D eigenvalue weighted by Crippen LogP contribution is 2.25. The van der Waals surface area contributed by atoms with Gasteiger partial charge in [0.05, 0.1) is 16.8 Å². The van der Waals surface area contributed by atoms with Gasteiger partial charge < -0.3 is 4.90 Å². The van der Waals surface area contributed by atoms with Gasteiger partial charge in [0.2, 0.25) is 0 Å². The van der Waals surface area contributed by atoms with Crippen LogP contribution in [0, 0.1) is 0 Å². The Morgan fingerprint density at radius 1 is 1.00 bits per heavy atom. The number of hydrogen-bond acceptors (Lipinski definition) is 4. The molecule has 0 spiro atoms. The zero-order chi connectivity index (χ0) is 19.3. The van der Waals surface area contributed by atoms with E-state index in [4.69, 9.17) is 0 Å². The first-order valence-corrected chi connectivity index (χ1v) is 11.4. The highest BCUT2D eigenvalue weighted by molar-refractivity contribution is 7.92. The van der Waals surface area contributed by atoms with E-state index in [9.17, 15) is 8.42 Å². The smallest absolute Gasteiger partial charge is 0.261 e. The summed E-state index contributed by atoms with van der Waals surface area (Å²) in [6.45, 7) is 6.18. The SMILES string of the molecule is CCCN(CCC)c1ccc(NS(=O)(=O)c2ccc3c(c2)CCCC3)cn1. The molecule has 5 nitrogen and oxygen atoms in total. The molecular formula is C21H29N3O2S. The predicted octanol–water partition coefficient (Wildman–Crippen LogP) is 4.39. The van der Waals surface area contributed by atoms with Gasteiger partial charge in [-0.1, -0.05) is 19.9 Å². The van der Waals surface area contributed by atoms with E-state index in [1.54, 1.807) is 18.3 Å². The largest absolute Gasteiger partial charge is 0.357 e. The van der Waals surface area contributed by atoms with Crippen LogP contribution in [-0.2, 0) is 22.9 Å². The van der Waals surface area contributed by atoms with Crippen molar-refractivity contribution in [1.29, 1.82) is 0 Å². The molecule has 0 amide bonds. The van der Waals surface area contributed by atoms with Gasteiger partial charge in [0.25, 0.3) is 10.0 Å². The van der Waals surface area contributed by atoms with Crippen LogP contribution in [0.2, 0.25) is 0 Å². The molecule has 1 N–H and O–H groups in total. The topological polar surface area (TPSA) is 62.3 Å². The molecule has 0 radical (unpaired) electrons. The van der Waals surface area contributed by atoms with Crippen molar-refractivity contribution in [2.24, 2.45) is 0 Å². The number of hydrogen-bond donors (Lipinski definition) is 1. The van der Waals surface area contributed by atoms with E-state index in [2.05, 4.69) is 28.5 Å². The second kappa shape index (κ2) is 8.74. The summed E-state index contributed by atoms with van der Waals surface area (Å²) in [6, 6.07) is 9.16. The molecule has 0 saturated carbocycles. The number of nitrogens with zero attached hydrogens (tertiary/aromatic N) is 2. The van der Waals surface area contributed by atoms with Crippen LogP contribution in [0.1, 0.15) is 50.7 Å². The lowest BCUT2D eigenvalue weighted by molar-refractivity contribution is 0.600. The van der Waals surface area contributed by atoms with Crippen molar-refractivity contribution in [2.45, 2.75) is 57.3 Å².